The van der Waals surface area contributed by atoms with Gasteiger partial charge in [-0.2, -0.15) is 13.2 Å². The average molecular weight is 261 g/mol. The summed E-state index contributed by atoms with van der Waals surface area (Å²) in [6.45, 7) is 3.71. The number of hydrogen-bond donors (Lipinski definition) is 0. The van der Waals surface area contributed by atoms with E-state index in [1.165, 1.54) is 4.57 Å². The highest BCUT2D eigenvalue weighted by molar-refractivity contribution is 7.16. The van der Waals surface area contributed by atoms with Crippen LogP contribution in [0.15, 0.2) is 16.9 Å². The fourth-order valence-corrected chi connectivity index (χ4v) is 2.88. The molecule has 0 unspecified atom stereocenters. The quantitative estimate of drug-likeness (QED) is 0.771. The highest BCUT2D eigenvalue weighted by Gasteiger charge is 2.34. The molecule has 0 radical (unpaired) electrons. The van der Waals surface area contributed by atoms with E-state index in [4.69, 9.17) is 0 Å². The first-order valence-electron chi connectivity index (χ1n) is 5.05. The van der Waals surface area contributed by atoms with E-state index in [-0.39, 0.29) is 9.57 Å². The Hall–Kier alpha value is -1.30. The van der Waals surface area contributed by atoms with Gasteiger partial charge in [-0.05, 0) is 31.5 Å². The van der Waals surface area contributed by atoms with Gasteiger partial charge in [-0.15, -0.1) is 0 Å². The van der Waals surface area contributed by atoms with Gasteiger partial charge in [0, 0.05) is 6.54 Å². The van der Waals surface area contributed by atoms with Crippen LogP contribution >= 0.6 is 11.3 Å². The first kappa shape index (κ1) is 12.2. The summed E-state index contributed by atoms with van der Waals surface area (Å²) in [6, 6.07) is 2.70. The smallest absolute Gasteiger partial charge is 0.299 e. The lowest BCUT2D eigenvalue weighted by Gasteiger charge is -2.09. The number of rotatable bonds is 1. The number of thiazole rings is 1. The fourth-order valence-electron chi connectivity index (χ4n) is 1.81. The van der Waals surface area contributed by atoms with E-state index >= 15 is 0 Å². The second kappa shape index (κ2) is 3.87. The molecule has 0 amide bonds. The van der Waals surface area contributed by atoms with Gasteiger partial charge < -0.3 is 0 Å². The second-order valence-electron chi connectivity index (χ2n) is 3.77. The molecule has 0 spiro atoms. The number of fused-ring (bicyclic) bond motifs is 1. The van der Waals surface area contributed by atoms with Gasteiger partial charge in [-0.1, -0.05) is 11.3 Å². The predicted molar refractivity (Wildman–Crippen MR) is 61.5 cm³/mol. The minimum absolute atomic E-state index is 0.0231. The number of nitrogens with zero attached hydrogens (tertiary/aromatic N) is 1. The van der Waals surface area contributed by atoms with Crippen molar-refractivity contribution in [2.45, 2.75) is 26.6 Å². The summed E-state index contributed by atoms with van der Waals surface area (Å²) in [6.07, 6.45) is -4.42. The molecule has 2 aromatic rings. The van der Waals surface area contributed by atoms with E-state index in [2.05, 4.69) is 0 Å². The zero-order chi connectivity index (χ0) is 12.8. The molecule has 0 atom stereocenters. The van der Waals surface area contributed by atoms with Crippen molar-refractivity contribution in [3.05, 3.63) is 32.9 Å². The SMILES string of the molecule is CCn1c(=O)sc2c(C(F)(F)F)cc(C)cc21. The highest BCUT2D eigenvalue weighted by atomic mass is 32.1. The summed E-state index contributed by atoms with van der Waals surface area (Å²) in [5.74, 6) is 0. The number of aryl methyl sites for hydroxylation is 2. The Morgan fingerprint density at radius 3 is 2.53 bits per heavy atom. The van der Waals surface area contributed by atoms with Gasteiger partial charge in [-0.25, -0.2) is 0 Å². The molecule has 0 aliphatic rings. The Labute approximate surface area is 99.3 Å². The van der Waals surface area contributed by atoms with E-state index < -0.39 is 11.7 Å². The van der Waals surface area contributed by atoms with Gasteiger partial charge in [-0.3, -0.25) is 9.36 Å². The third-order valence-electron chi connectivity index (χ3n) is 2.54. The van der Waals surface area contributed by atoms with Crippen LogP contribution in [0.3, 0.4) is 0 Å². The van der Waals surface area contributed by atoms with Gasteiger partial charge in [0.2, 0.25) is 0 Å². The molecular formula is C11H10F3NOS. The Morgan fingerprint density at radius 1 is 1.35 bits per heavy atom. The van der Waals surface area contributed by atoms with Crippen LogP contribution in [0.25, 0.3) is 10.2 Å². The number of halogens is 3. The zero-order valence-electron chi connectivity index (χ0n) is 9.26. The highest BCUT2D eigenvalue weighted by Crippen LogP contribution is 2.36. The van der Waals surface area contributed by atoms with Crippen LogP contribution in [0.5, 0.6) is 0 Å². The maximum atomic E-state index is 12.8. The number of aromatic nitrogens is 1. The van der Waals surface area contributed by atoms with E-state index in [9.17, 15) is 18.0 Å². The van der Waals surface area contributed by atoms with Gasteiger partial charge in [0.15, 0.2) is 0 Å². The van der Waals surface area contributed by atoms with Crippen LogP contribution in [0.1, 0.15) is 18.1 Å². The summed E-state index contributed by atoms with van der Waals surface area (Å²) in [7, 11) is 0. The molecule has 1 aromatic carbocycles. The van der Waals surface area contributed by atoms with Crippen LogP contribution in [0.2, 0.25) is 0 Å². The topological polar surface area (TPSA) is 22.0 Å². The van der Waals surface area contributed by atoms with Crippen molar-refractivity contribution in [1.29, 1.82) is 0 Å². The molecule has 2 rings (SSSR count). The first-order chi connectivity index (χ1) is 7.84. The average Bonchev–Trinajstić information content (AvgIpc) is 2.50. The molecule has 0 aliphatic heterocycles. The molecule has 0 N–H and O–H groups in total. The molecule has 0 aliphatic carbocycles. The molecule has 92 valence electrons. The monoisotopic (exact) mass is 261 g/mol. The van der Waals surface area contributed by atoms with E-state index in [1.54, 1.807) is 19.9 Å². The lowest BCUT2D eigenvalue weighted by Crippen LogP contribution is -2.10. The molecule has 0 fully saturated rings. The third kappa shape index (κ3) is 1.97. The Kier molecular flexibility index (Phi) is 2.77. The van der Waals surface area contributed by atoms with Crippen molar-refractivity contribution in [2.75, 3.05) is 0 Å². The number of hydrogen-bond acceptors (Lipinski definition) is 2. The Balaban J connectivity index is 2.92. The molecule has 17 heavy (non-hydrogen) atoms. The number of alkyl halides is 3. The maximum absolute atomic E-state index is 12.8. The zero-order valence-corrected chi connectivity index (χ0v) is 10.1. The van der Waals surface area contributed by atoms with Crippen LogP contribution < -0.4 is 4.87 Å². The van der Waals surface area contributed by atoms with Crippen LogP contribution in [0.4, 0.5) is 13.2 Å². The van der Waals surface area contributed by atoms with E-state index in [1.807, 2.05) is 0 Å². The van der Waals surface area contributed by atoms with Crippen LogP contribution in [-0.2, 0) is 12.7 Å². The summed E-state index contributed by atoms with van der Waals surface area (Å²) >= 11 is 0.653. The summed E-state index contributed by atoms with van der Waals surface area (Å²) in [5, 5.41) is 0. The molecular weight excluding hydrogens is 251 g/mol. The summed E-state index contributed by atoms with van der Waals surface area (Å²) in [5.41, 5.74) is 0.154. The summed E-state index contributed by atoms with van der Waals surface area (Å²) < 4.78 is 39.9. The van der Waals surface area contributed by atoms with Crippen molar-refractivity contribution in [3.63, 3.8) is 0 Å². The van der Waals surface area contributed by atoms with Crippen molar-refractivity contribution < 1.29 is 13.2 Å². The van der Waals surface area contributed by atoms with Crippen LogP contribution in [-0.4, -0.2) is 4.57 Å². The Morgan fingerprint density at radius 2 is 2.00 bits per heavy atom. The van der Waals surface area contributed by atoms with Crippen LogP contribution in [0, 0.1) is 6.92 Å². The van der Waals surface area contributed by atoms with E-state index in [0.29, 0.717) is 29.0 Å². The van der Waals surface area contributed by atoms with Crippen molar-refractivity contribution in [3.8, 4) is 0 Å². The summed E-state index contributed by atoms with van der Waals surface area (Å²) in [4.78, 5) is 11.2. The first-order valence-corrected chi connectivity index (χ1v) is 5.87. The second-order valence-corrected chi connectivity index (χ2v) is 4.73. The minimum atomic E-state index is -4.42. The van der Waals surface area contributed by atoms with Gasteiger partial charge in [0.1, 0.15) is 0 Å². The van der Waals surface area contributed by atoms with Gasteiger partial charge in [0.25, 0.3) is 0 Å². The molecule has 0 saturated heterocycles. The predicted octanol–water partition coefficient (Wildman–Crippen LogP) is 3.41. The fraction of sp³-hybridized carbons (Fsp3) is 0.364. The lowest BCUT2D eigenvalue weighted by atomic mass is 10.1. The lowest BCUT2D eigenvalue weighted by molar-refractivity contribution is -0.136. The maximum Gasteiger partial charge on any atom is 0.417 e. The standard InChI is InChI=1S/C11H10F3NOS/c1-3-15-8-5-6(2)4-7(11(12,13)14)9(8)17-10(15)16/h4-5H,3H2,1-2H3. The number of benzene rings is 1. The molecule has 0 bridgehead atoms. The largest absolute Gasteiger partial charge is 0.417 e. The minimum Gasteiger partial charge on any atom is -0.299 e. The van der Waals surface area contributed by atoms with Gasteiger partial charge >= 0.3 is 11.0 Å². The van der Waals surface area contributed by atoms with Gasteiger partial charge in [0.05, 0.1) is 15.8 Å². The molecule has 0 saturated carbocycles. The van der Waals surface area contributed by atoms with Crippen molar-refractivity contribution in [2.24, 2.45) is 0 Å². The normalized spacial score (nSPS) is 12.3. The molecule has 1 aromatic heterocycles. The molecule has 1 heterocycles. The van der Waals surface area contributed by atoms with Crippen molar-refractivity contribution in [1.82, 2.24) is 4.57 Å². The Bertz CT molecular complexity index is 624. The van der Waals surface area contributed by atoms with Crippen molar-refractivity contribution >= 4 is 21.6 Å². The van der Waals surface area contributed by atoms with E-state index in [0.717, 1.165) is 6.07 Å². The molecule has 6 heteroatoms. The molecule has 2 nitrogen and oxygen atoms in total. The third-order valence-corrected chi connectivity index (χ3v) is 3.56.